The summed E-state index contributed by atoms with van der Waals surface area (Å²) >= 11 is 2.31. The number of hydrogen-bond donors (Lipinski definition) is 0. The lowest BCUT2D eigenvalue weighted by Crippen LogP contribution is -2.09. The first-order valence-electron chi connectivity index (χ1n) is 7.02. The zero-order valence-electron chi connectivity index (χ0n) is 11.5. The van der Waals surface area contributed by atoms with Gasteiger partial charge in [-0.15, -0.1) is 0 Å². The number of halogens is 2. The van der Waals surface area contributed by atoms with Gasteiger partial charge in [0.1, 0.15) is 12.0 Å². The van der Waals surface area contributed by atoms with Gasteiger partial charge in [-0.25, -0.2) is 4.39 Å². The summed E-state index contributed by atoms with van der Waals surface area (Å²) in [6.45, 7) is 2.12. The van der Waals surface area contributed by atoms with Gasteiger partial charge in [0, 0.05) is 3.57 Å². The van der Waals surface area contributed by atoms with Crippen LogP contribution in [0.5, 0.6) is 0 Å². The Balaban J connectivity index is 1.65. The van der Waals surface area contributed by atoms with Crippen LogP contribution in [0.2, 0.25) is 0 Å². The minimum Gasteiger partial charge on any atom is -0.269 e. The topological polar surface area (TPSA) is 15.4 Å². The first-order chi connectivity index (χ1) is 10.1. The zero-order chi connectivity index (χ0) is 14.6. The Morgan fingerprint density at radius 2 is 1.67 bits per heavy atom. The van der Waals surface area contributed by atoms with Crippen molar-refractivity contribution in [3.63, 3.8) is 0 Å². The molecule has 2 aliphatic rings. The summed E-state index contributed by atoms with van der Waals surface area (Å²) in [6, 6.07) is 16.0. The third-order valence-corrected chi connectivity index (χ3v) is 4.96. The molecule has 2 nitrogen and oxygen atoms in total. The molecule has 1 saturated heterocycles. The maximum Gasteiger partial charge on any atom is 0.123 e. The Labute approximate surface area is 136 Å². The van der Waals surface area contributed by atoms with Gasteiger partial charge in [-0.05, 0) is 64.9 Å². The average Bonchev–Trinajstić information content (AvgIpc) is 3.13. The summed E-state index contributed by atoms with van der Waals surface area (Å²) in [5.41, 5.74) is 3.53. The van der Waals surface area contributed by atoms with E-state index in [0.29, 0.717) is 12.1 Å². The summed E-state index contributed by atoms with van der Waals surface area (Å²) < 4.78 is 14.3. The van der Waals surface area contributed by atoms with Gasteiger partial charge < -0.3 is 0 Å². The van der Waals surface area contributed by atoms with Gasteiger partial charge in [-0.1, -0.05) is 24.3 Å². The number of fused-ring (bicyclic) bond motifs is 1. The normalized spacial score (nSPS) is 30.0. The quantitative estimate of drug-likeness (QED) is 0.557. The van der Waals surface area contributed by atoms with Crippen molar-refractivity contribution < 1.29 is 4.39 Å². The molecule has 4 rings (SSSR count). The molecular weight excluding hydrogens is 378 g/mol. The van der Waals surface area contributed by atoms with Crippen molar-refractivity contribution in [2.45, 2.75) is 25.2 Å². The first kappa shape index (κ1) is 13.4. The maximum absolute atomic E-state index is 13.1. The van der Waals surface area contributed by atoms with E-state index in [1.54, 1.807) is 0 Å². The van der Waals surface area contributed by atoms with Crippen molar-refractivity contribution in [2.75, 3.05) is 0 Å². The third kappa shape index (κ3) is 2.21. The Morgan fingerprint density at radius 1 is 1.00 bits per heavy atom. The fourth-order valence-corrected chi connectivity index (χ4v) is 3.59. The van der Waals surface area contributed by atoms with Gasteiger partial charge >= 0.3 is 0 Å². The van der Waals surface area contributed by atoms with Crippen LogP contribution in [-0.4, -0.2) is 22.8 Å². The van der Waals surface area contributed by atoms with Crippen LogP contribution in [0.25, 0.3) is 0 Å². The molecule has 2 aromatic rings. The van der Waals surface area contributed by atoms with Crippen LogP contribution < -0.4 is 0 Å². The van der Waals surface area contributed by atoms with E-state index in [9.17, 15) is 4.39 Å². The summed E-state index contributed by atoms with van der Waals surface area (Å²) in [5.74, 6) is -0.181. The zero-order valence-corrected chi connectivity index (χ0v) is 13.7. The molecule has 0 spiro atoms. The number of hydrogen-bond acceptors (Lipinski definition) is 2. The lowest BCUT2D eigenvalue weighted by molar-refractivity contribution is 0.419. The lowest BCUT2D eigenvalue weighted by atomic mass is 10.0. The molecule has 2 aromatic carbocycles. The largest absolute Gasteiger partial charge is 0.269 e. The van der Waals surface area contributed by atoms with Crippen LogP contribution in [0.15, 0.2) is 53.5 Å². The van der Waals surface area contributed by atoms with E-state index in [1.165, 1.54) is 26.8 Å². The smallest absolute Gasteiger partial charge is 0.123 e. The predicted octanol–water partition coefficient (Wildman–Crippen LogP) is 4.00. The van der Waals surface area contributed by atoms with Crippen LogP contribution in [0, 0.1) is 9.39 Å². The third-order valence-electron chi connectivity index (χ3n) is 4.24. The standard InChI is InChI=1S/C17H14FIN2/c1-10-20-15(11-4-8-14(19)9-5-11)17-16(21(10)17)12-2-6-13(18)7-3-12/h2-10,16-17H,1H3/t10-,16+,17+,21?/m0/s1. The minimum atomic E-state index is -0.181. The fraction of sp³-hybridized carbons (Fsp3) is 0.235. The van der Waals surface area contributed by atoms with Gasteiger partial charge in [-0.3, -0.25) is 9.89 Å². The molecule has 0 radical (unpaired) electrons. The van der Waals surface area contributed by atoms with Crippen molar-refractivity contribution in [1.82, 2.24) is 4.90 Å². The van der Waals surface area contributed by atoms with Crippen molar-refractivity contribution >= 4 is 28.3 Å². The van der Waals surface area contributed by atoms with E-state index in [-0.39, 0.29) is 12.0 Å². The Bertz CT molecular complexity index is 709. The molecule has 21 heavy (non-hydrogen) atoms. The molecule has 1 unspecified atom stereocenters. The predicted molar refractivity (Wildman–Crippen MR) is 89.9 cm³/mol. The van der Waals surface area contributed by atoms with E-state index >= 15 is 0 Å². The van der Waals surface area contributed by atoms with E-state index in [2.05, 4.69) is 58.7 Å². The molecule has 2 aliphatic heterocycles. The molecule has 1 fully saturated rings. The highest BCUT2D eigenvalue weighted by atomic mass is 127. The average molecular weight is 392 g/mol. The summed E-state index contributed by atoms with van der Waals surface area (Å²) in [6.07, 6.45) is 0.194. The van der Waals surface area contributed by atoms with Crippen molar-refractivity contribution in [3.05, 3.63) is 69.0 Å². The summed E-state index contributed by atoms with van der Waals surface area (Å²) in [4.78, 5) is 7.15. The summed E-state index contributed by atoms with van der Waals surface area (Å²) in [7, 11) is 0. The van der Waals surface area contributed by atoms with Crippen LogP contribution >= 0.6 is 22.6 Å². The van der Waals surface area contributed by atoms with Gasteiger partial charge in [0.25, 0.3) is 0 Å². The number of benzene rings is 2. The first-order valence-corrected chi connectivity index (χ1v) is 8.09. The van der Waals surface area contributed by atoms with Gasteiger partial charge in [0.05, 0.1) is 17.8 Å². The van der Waals surface area contributed by atoms with E-state index in [4.69, 9.17) is 4.99 Å². The van der Waals surface area contributed by atoms with E-state index < -0.39 is 0 Å². The second kappa shape index (κ2) is 4.88. The second-order valence-corrected chi connectivity index (χ2v) is 6.79. The molecule has 0 aliphatic carbocycles. The molecule has 0 aromatic heterocycles. The van der Waals surface area contributed by atoms with Gasteiger partial charge in [0.2, 0.25) is 0 Å². The SMILES string of the molecule is C[C@H]1N=C(c2ccc(I)cc2)[C@@H]2[C@@H](c3ccc(F)cc3)N21. The van der Waals surface area contributed by atoms with Gasteiger partial charge in [-0.2, -0.15) is 0 Å². The van der Waals surface area contributed by atoms with Crippen LogP contribution in [0.4, 0.5) is 4.39 Å². The molecule has 4 heteroatoms. The Kier molecular flexibility index (Phi) is 3.11. The van der Waals surface area contributed by atoms with Crippen molar-refractivity contribution in [2.24, 2.45) is 4.99 Å². The lowest BCUT2D eigenvalue weighted by Gasteiger charge is -2.09. The molecule has 106 valence electrons. The molecule has 0 bridgehead atoms. The number of rotatable bonds is 2. The molecule has 0 saturated carbocycles. The van der Waals surface area contributed by atoms with Gasteiger partial charge in [0.15, 0.2) is 0 Å². The molecule has 4 atom stereocenters. The van der Waals surface area contributed by atoms with Crippen LogP contribution in [0.3, 0.4) is 0 Å². The summed E-state index contributed by atoms with van der Waals surface area (Å²) in [5, 5.41) is 0. The molecule has 0 amide bonds. The van der Waals surface area contributed by atoms with E-state index in [1.807, 2.05) is 12.1 Å². The number of nitrogens with zero attached hydrogens (tertiary/aromatic N) is 2. The second-order valence-electron chi connectivity index (χ2n) is 5.54. The molecule has 2 heterocycles. The van der Waals surface area contributed by atoms with E-state index in [0.717, 1.165) is 5.71 Å². The Morgan fingerprint density at radius 3 is 2.33 bits per heavy atom. The molecule has 0 N–H and O–H groups in total. The van der Waals surface area contributed by atoms with Crippen molar-refractivity contribution in [1.29, 1.82) is 0 Å². The number of aliphatic imine (C=N–C) groups is 1. The minimum absolute atomic E-state index is 0.181. The fourth-order valence-electron chi connectivity index (χ4n) is 3.23. The van der Waals surface area contributed by atoms with Crippen LogP contribution in [-0.2, 0) is 0 Å². The highest BCUT2D eigenvalue weighted by Crippen LogP contribution is 2.50. The molecular formula is C17H14FIN2. The monoisotopic (exact) mass is 392 g/mol. The van der Waals surface area contributed by atoms with Crippen molar-refractivity contribution in [3.8, 4) is 0 Å². The highest BCUT2D eigenvalue weighted by molar-refractivity contribution is 14.1. The van der Waals surface area contributed by atoms with Crippen LogP contribution in [0.1, 0.15) is 24.1 Å². The maximum atomic E-state index is 13.1. The highest BCUT2D eigenvalue weighted by Gasteiger charge is 2.57. The Hall–Kier alpha value is -1.27.